The number of carbonyl (C=O) groups is 1. The normalized spacial score (nSPS) is 23.8. The van der Waals surface area contributed by atoms with Gasteiger partial charge in [0, 0.05) is 42.8 Å². The lowest BCUT2D eigenvalue weighted by Gasteiger charge is -2.41. The molecule has 0 radical (unpaired) electrons. The summed E-state index contributed by atoms with van der Waals surface area (Å²) in [6.45, 7) is 14.9. The number of benzene rings is 1. The molecule has 3 heterocycles. The number of pyridine rings is 1. The molecule has 1 aromatic carbocycles. The predicted molar refractivity (Wildman–Crippen MR) is 193 cm³/mol. The molecule has 6 N–H and O–H groups in total. The van der Waals surface area contributed by atoms with E-state index in [0.717, 1.165) is 63.2 Å². The Balaban J connectivity index is 1.27. The summed E-state index contributed by atoms with van der Waals surface area (Å²) in [5, 5.41) is 23.7. The molecule has 0 bridgehead atoms. The first-order chi connectivity index (χ1) is 23.4. The topological polar surface area (TPSA) is 157 Å². The fourth-order valence-corrected chi connectivity index (χ4v) is 6.81. The van der Waals surface area contributed by atoms with Gasteiger partial charge in [0.1, 0.15) is 23.2 Å². The van der Waals surface area contributed by atoms with Crippen LogP contribution in [0.15, 0.2) is 59.4 Å². The minimum atomic E-state index is -0.339. The minimum absolute atomic E-state index is 0.217. The molecule has 2 amide bonds. The van der Waals surface area contributed by atoms with Crippen LogP contribution in [0.2, 0.25) is 0 Å². The lowest BCUT2D eigenvalue weighted by molar-refractivity contribution is 0.0394. The number of amidine groups is 1. The fourth-order valence-electron chi connectivity index (χ4n) is 6.81. The molecule has 4 unspecified atom stereocenters. The Morgan fingerprint density at radius 1 is 1.06 bits per heavy atom. The number of hydrogen-bond acceptors (Lipinski definition) is 8. The van der Waals surface area contributed by atoms with Crippen molar-refractivity contribution < 1.29 is 14.3 Å². The lowest BCUT2D eigenvalue weighted by atomic mass is 9.85. The molecule has 2 aromatic rings. The third-order valence-electron chi connectivity index (χ3n) is 9.81. The first-order valence-electron chi connectivity index (χ1n) is 17.7. The minimum Gasteiger partial charge on any atom is -0.484 e. The van der Waals surface area contributed by atoms with Crippen LogP contribution in [0.3, 0.4) is 0 Å². The van der Waals surface area contributed by atoms with Gasteiger partial charge in [-0.2, -0.15) is 0 Å². The van der Waals surface area contributed by atoms with Crippen LogP contribution < -0.4 is 26.6 Å². The Bertz CT molecular complexity index is 1580. The smallest absolute Gasteiger partial charge is 0.320 e. The molecular weight excluding hydrogens is 618 g/mol. The number of amides is 2. The summed E-state index contributed by atoms with van der Waals surface area (Å²) in [7, 11) is 0. The number of aliphatic imine (C=N–C) groups is 1. The lowest BCUT2D eigenvalue weighted by Crippen LogP contribution is -2.51. The van der Waals surface area contributed by atoms with E-state index in [2.05, 4.69) is 34.3 Å². The highest BCUT2D eigenvalue weighted by Crippen LogP contribution is 2.38. The summed E-state index contributed by atoms with van der Waals surface area (Å²) in [5.74, 6) is 1.34. The number of nitrogens with zero attached hydrogens (tertiary/aromatic N) is 4. The second kappa shape index (κ2) is 16.0. The van der Waals surface area contributed by atoms with Gasteiger partial charge in [-0.3, -0.25) is 30.6 Å². The number of urea groups is 1. The van der Waals surface area contributed by atoms with Gasteiger partial charge in [0.2, 0.25) is 5.96 Å². The standard InChI is InChI=1S/C37H55N9O3/c1-25-9-8-10-26(2)46(25)35(40)45-24-27(13-16-33(45)39)49-31-15-14-30(28-11-6-7-12-29(28)31)42-36(47)43-34(23-32(38)37(3,4)5)41-17-18-44-19-21-48-22-20-44/h6-7,11-13,16,23-26,30-31,39-40H,8-10,14-15,17-22,38H2,1-5H3,(H2,41,42,43,47)/b32-23-,39-33?,40-35?. The quantitative estimate of drug-likeness (QED) is 0.208. The summed E-state index contributed by atoms with van der Waals surface area (Å²) < 4.78 is 13.6. The molecule has 49 heavy (non-hydrogen) atoms. The first kappa shape index (κ1) is 36.1. The Kier molecular flexibility index (Phi) is 11.8. The highest BCUT2D eigenvalue weighted by molar-refractivity contribution is 6.04. The number of fused-ring (bicyclic) bond motifs is 1. The van der Waals surface area contributed by atoms with E-state index >= 15 is 0 Å². The Morgan fingerprint density at radius 3 is 2.45 bits per heavy atom. The second-order valence-electron chi connectivity index (χ2n) is 14.5. The summed E-state index contributed by atoms with van der Waals surface area (Å²) >= 11 is 0. The molecule has 0 spiro atoms. The van der Waals surface area contributed by atoms with Crippen molar-refractivity contribution in [3.05, 3.63) is 71.0 Å². The number of allylic oxidation sites excluding steroid dienone is 1. The van der Waals surface area contributed by atoms with Crippen LogP contribution in [0.1, 0.15) is 90.0 Å². The van der Waals surface area contributed by atoms with Crippen LogP contribution in [-0.2, 0) is 4.74 Å². The van der Waals surface area contributed by atoms with Crippen molar-refractivity contribution in [3.63, 3.8) is 0 Å². The van der Waals surface area contributed by atoms with Crippen LogP contribution in [0.25, 0.3) is 0 Å². The summed E-state index contributed by atoms with van der Waals surface area (Å²) in [6, 6.07) is 11.4. The first-order valence-corrected chi connectivity index (χ1v) is 17.7. The van der Waals surface area contributed by atoms with Gasteiger partial charge >= 0.3 is 6.03 Å². The number of hydrogen-bond donors (Lipinski definition) is 5. The van der Waals surface area contributed by atoms with Gasteiger partial charge in [-0.1, -0.05) is 45.0 Å². The largest absolute Gasteiger partial charge is 0.484 e. The zero-order valence-electron chi connectivity index (χ0n) is 29.8. The average Bonchev–Trinajstić information content (AvgIpc) is 3.06. The molecule has 2 saturated heterocycles. The number of nitrogens with two attached hydrogens (primary N) is 1. The molecule has 266 valence electrons. The van der Waals surface area contributed by atoms with Gasteiger partial charge in [-0.05, 0) is 75.3 Å². The van der Waals surface area contributed by atoms with Crippen LogP contribution in [0, 0.1) is 16.2 Å². The van der Waals surface area contributed by atoms with E-state index in [4.69, 9.17) is 31.0 Å². The highest BCUT2D eigenvalue weighted by Gasteiger charge is 2.31. The average molecular weight is 674 g/mol. The highest BCUT2D eigenvalue weighted by atomic mass is 16.5. The van der Waals surface area contributed by atoms with Crippen LogP contribution in [0.5, 0.6) is 5.75 Å². The van der Waals surface area contributed by atoms with Crippen LogP contribution in [-0.4, -0.2) is 83.7 Å². The Labute approximate surface area is 290 Å². The molecule has 3 aliphatic rings. The maximum Gasteiger partial charge on any atom is 0.320 e. The van der Waals surface area contributed by atoms with Crippen molar-refractivity contribution in [2.24, 2.45) is 16.1 Å². The van der Waals surface area contributed by atoms with Gasteiger partial charge in [-0.25, -0.2) is 4.79 Å². The fraction of sp³-hybridized carbons (Fsp3) is 0.568. The van der Waals surface area contributed by atoms with Gasteiger partial charge < -0.3 is 25.4 Å². The molecule has 4 atom stereocenters. The molecule has 0 saturated carbocycles. The zero-order valence-corrected chi connectivity index (χ0v) is 29.8. The van der Waals surface area contributed by atoms with E-state index in [0.29, 0.717) is 42.6 Å². The molecule has 12 heteroatoms. The third kappa shape index (κ3) is 9.30. The van der Waals surface area contributed by atoms with Crippen molar-refractivity contribution in [1.29, 1.82) is 10.8 Å². The molecule has 12 nitrogen and oxygen atoms in total. The predicted octanol–water partition coefficient (Wildman–Crippen LogP) is 4.89. The van der Waals surface area contributed by atoms with E-state index in [9.17, 15) is 4.79 Å². The van der Waals surface area contributed by atoms with Crippen molar-refractivity contribution >= 4 is 17.8 Å². The number of ether oxygens (including phenoxy) is 2. The molecule has 5 rings (SSSR count). The van der Waals surface area contributed by atoms with E-state index in [1.54, 1.807) is 29.0 Å². The van der Waals surface area contributed by atoms with E-state index in [1.165, 1.54) is 0 Å². The molecule has 2 fully saturated rings. The summed E-state index contributed by atoms with van der Waals surface area (Å²) in [5.41, 5.74) is 9.00. The van der Waals surface area contributed by atoms with Crippen molar-refractivity contribution in [2.75, 3.05) is 39.4 Å². The Morgan fingerprint density at radius 2 is 1.76 bits per heavy atom. The summed E-state index contributed by atoms with van der Waals surface area (Å²) in [6.07, 6.45) is 7.86. The second-order valence-corrected chi connectivity index (χ2v) is 14.5. The van der Waals surface area contributed by atoms with Crippen molar-refractivity contribution in [3.8, 4) is 5.75 Å². The molecule has 1 aliphatic carbocycles. The van der Waals surface area contributed by atoms with Crippen molar-refractivity contribution in [1.82, 2.24) is 25.0 Å². The molecule has 2 aliphatic heterocycles. The maximum absolute atomic E-state index is 13.4. The molecule has 1 aromatic heterocycles. The van der Waals surface area contributed by atoms with Gasteiger partial charge in [0.15, 0.2) is 0 Å². The van der Waals surface area contributed by atoms with E-state index in [-0.39, 0.29) is 41.2 Å². The molecular formula is C37H55N9O3. The van der Waals surface area contributed by atoms with E-state index < -0.39 is 0 Å². The number of nitrogens with one attached hydrogen (secondary N) is 4. The number of rotatable bonds is 7. The van der Waals surface area contributed by atoms with E-state index in [1.807, 2.05) is 45.0 Å². The Hall–Kier alpha value is -4.16. The number of likely N-dealkylation sites (tertiary alicyclic amines) is 1. The monoisotopic (exact) mass is 673 g/mol. The third-order valence-corrected chi connectivity index (χ3v) is 9.81. The number of carbonyl (C=O) groups excluding carboxylic acids is 1. The van der Waals surface area contributed by atoms with Gasteiger partial charge in [-0.15, -0.1) is 0 Å². The maximum atomic E-state index is 13.4. The van der Waals surface area contributed by atoms with Crippen LogP contribution in [0.4, 0.5) is 4.79 Å². The van der Waals surface area contributed by atoms with Crippen molar-refractivity contribution in [2.45, 2.75) is 91.0 Å². The zero-order chi connectivity index (χ0) is 35.1. The number of morpholine rings is 1. The number of aromatic nitrogens is 1. The van der Waals surface area contributed by atoms with Gasteiger partial charge in [0.05, 0.1) is 32.0 Å². The number of piperidine rings is 1. The SMILES string of the molecule is CC1CCCC(C)N1C(=N)n1cc(OC2CCC(NC(=O)NC(/C=C(\N)C(C)(C)C)=NCCN3CCOCC3)c3ccccc32)ccc1=N. The van der Waals surface area contributed by atoms with Crippen LogP contribution >= 0.6 is 0 Å². The van der Waals surface area contributed by atoms with Gasteiger partial charge in [0.25, 0.3) is 0 Å². The summed E-state index contributed by atoms with van der Waals surface area (Å²) in [4.78, 5) is 22.6.